The van der Waals surface area contributed by atoms with E-state index in [2.05, 4.69) is 19.2 Å². The molecule has 1 atom stereocenters. The van der Waals surface area contributed by atoms with Gasteiger partial charge < -0.3 is 10.2 Å². The molecule has 0 saturated carbocycles. The number of nitrogens with one attached hydrogen (secondary N) is 1. The SMILES string of the molecule is Cc1cccc(CN(C(=O)CN(c2ccc(C(C)C)cc2)S(=O)(=O)c2ccccc2)[C@H](C)C(=O)NC(C)(C)C)c1. The number of sulfonamides is 1. The fourth-order valence-corrected chi connectivity index (χ4v) is 5.77. The van der Waals surface area contributed by atoms with Crippen molar-refractivity contribution in [3.8, 4) is 0 Å². The number of nitrogens with zero attached hydrogens (tertiary/aromatic N) is 2. The summed E-state index contributed by atoms with van der Waals surface area (Å²) in [5, 5.41) is 2.94. The Kier molecular flexibility index (Phi) is 9.79. The monoisotopic (exact) mass is 563 g/mol. The van der Waals surface area contributed by atoms with Crippen LogP contribution >= 0.6 is 0 Å². The highest BCUT2D eigenvalue weighted by molar-refractivity contribution is 7.92. The number of amides is 2. The van der Waals surface area contributed by atoms with Gasteiger partial charge in [-0.1, -0.05) is 74.0 Å². The fourth-order valence-electron chi connectivity index (χ4n) is 4.34. The number of rotatable bonds is 10. The molecule has 8 heteroatoms. The Morgan fingerprint density at radius 1 is 0.875 bits per heavy atom. The predicted octanol–water partition coefficient (Wildman–Crippen LogP) is 5.65. The molecule has 0 fully saturated rings. The molecule has 0 unspecified atom stereocenters. The van der Waals surface area contributed by atoms with Gasteiger partial charge in [0.2, 0.25) is 11.8 Å². The minimum absolute atomic E-state index is 0.0829. The third kappa shape index (κ3) is 7.94. The summed E-state index contributed by atoms with van der Waals surface area (Å²) in [7, 11) is -4.08. The first-order valence-electron chi connectivity index (χ1n) is 13.5. The van der Waals surface area contributed by atoms with E-state index in [9.17, 15) is 18.0 Å². The van der Waals surface area contributed by atoms with Gasteiger partial charge in [0, 0.05) is 12.1 Å². The van der Waals surface area contributed by atoms with E-state index >= 15 is 0 Å². The van der Waals surface area contributed by atoms with Crippen LogP contribution in [0.4, 0.5) is 5.69 Å². The topological polar surface area (TPSA) is 86.8 Å². The Morgan fingerprint density at radius 2 is 1.50 bits per heavy atom. The van der Waals surface area contributed by atoms with Crippen LogP contribution in [0.5, 0.6) is 0 Å². The van der Waals surface area contributed by atoms with Crippen molar-refractivity contribution >= 4 is 27.5 Å². The summed E-state index contributed by atoms with van der Waals surface area (Å²) in [6.07, 6.45) is 0. The minimum atomic E-state index is -4.08. The molecule has 214 valence electrons. The second-order valence-electron chi connectivity index (χ2n) is 11.5. The van der Waals surface area contributed by atoms with Crippen LogP contribution in [0.1, 0.15) is 64.2 Å². The highest BCUT2D eigenvalue weighted by Crippen LogP contribution is 2.26. The van der Waals surface area contributed by atoms with Gasteiger partial charge in [-0.2, -0.15) is 0 Å². The normalized spacial score (nSPS) is 12.6. The number of carbonyl (C=O) groups excluding carboxylic acids is 2. The Balaban J connectivity index is 2.04. The molecule has 3 rings (SSSR count). The van der Waals surface area contributed by atoms with Gasteiger partial charge in [0.05, 0.1) is 10.6 Å². The van der Waals surface area contributed by atoms with Crippen LogP contribution in [-0.4, -0.2) is 43.3 Å². The third-order valence-electron chi connectivity index (χ3n) is 6.56. The number of carbonyl (C=O) groups is 2. The quantitative estimate of drug-likeness (QED) is 0.346. The smallest absolute Gasteiger partial charge is 0.264 e. The molecule has 0 aliphatic heterocycles. The summed E-state index contributed by atoms with van der Waals surface area (Å²) >= 11 is 0. The van der Waals surface area contributed by atoms with Gasteiger partial charge in [-0.25, -0.2) is 8.42 Å². The van der Waals surface area contributed by atoms with E-state index in [-0.39, 0.29) is 23.3 Å². The molecule has 0 spiro atoms. The summed E-state index contributed by atoms with van der Waals surface area (Å²) in [4.78, 5) is 28.8. The molecule has 0 aliphatic carbocycles. The first-order chi connectivity index (χ1) is 18.7. The van der Waals surface area contributed by atoms with E-state index in [1.165, 1.54) is 17.0 Å². The lowest BCUT2D eigenvalue weighted by atomic mass is 10.0. The zero-order valence-corrected chi connectivity index (χ0v) is 25.3. The van der Waals surface area contributed by atoms with Crippen LogP contribution < -0.4 is 9.62 Å². The van der Waals surface area contributed by atoms with Crippen molar-refractivity contribution in [2.24, 2.45) is 0 Å². The average Bonchev–Trinajstić information content (AvgIpc) is 2.89. The first-order valence-corrected chi connectivity index (χ1v) is 15.0. The number of aryl methyl sites for hydroxylation is 1. The largest absolute Gasteiger partial charge is 0.350 e. The average molecular weight is 564 g/mol. The molecule has 3 aromatic carbocycles. The Bertz CT molecular complexity index is 1410. The number of anilines is 1. The van der Waals surface area contributed by atoms with E-state index in [0.717, 1.165) is 21.0 Å². The van der Waals surface area contributed by atoms with Gasteiger partial charge in [0.15, 0.2) is 0 Å². The molecule has 0 aromatic heterocycles. The van der Waals surface area contributed by atoms with Crippen LogP contribution in [0.25, 0.3) is 0 Å². The summed E-state index contributed by atoms with van der Waals surface area (Å²) in [6, 6.07) is 22.1. The van der Waals surface area contributed by atoms with Gasteiger partial charge in [-0.05, 0) is 75.9 Å². The van der Waals surface area contributed by atoms with Crippen molar-refractivity contribution in [2.75, 3.05) is 10.8 Å². The number of hydrogen-bond donors (Lipinski definition) is 1. The van der Waals surface area contributed by atoms with Gasteiger partial charge in [-0.3, -0.25) is 13.9 Å². The van der Waals surface area contributed by atoms with Crippen molar-refractivity contribution in [3.05, 3.63) is 95.6 Å². The second-order valence-corrected chi connectivity index (χ2v) is 13.4. The van der Waals surface area contributed by atoms with Crippen LogP contribution in [0, 0.1) is 6.92 Å². The third-order valence-corrected chi connectivity index (χ3v) is 8.35. The molecule has 40 heavy (non-hydrogen) atoms. The van der Waals surface area contributed by atoms with Gasteiger partial charge in [-0.15, -0.1) is 0 Å². The molecule has 0 aliphatic rings. The van der Waals surface area contributed by atoms with E-state index in [1.807, 2.05) is 64.1 Å². The van der Waals surface area contributed by atoms with Crippen LogP contribution in [-0.2, 0) is 26.2 Å². The van der Waals surface area contributed by atoms with Crippen molar-refractivity contribution in [3.63, 3.8) is 0 Å². The first kappa shape index (κ1) is 30.9. The molecule has 0 radical (unpaired) electrons. The molecular weight excluding hydrogens is 522 g/mol. The van der Waals surface area contributed by atoms with E-state index in [1.54, 1.807) is 37.3 Å². The van der Waals surface area contributed by atoms with Gasteiger partial charge in [0.25, 0.3) is 10.0 Å². The zero-order valence-electron chi connectivity index (χ0n) is 24.5. The summed E-state index contributed by atoms with van der Waals surface area (Å²) < 4.78 is 28.9. The standard InChI is InChI=1S/C32H41N3O4S/c1-23(2)27-16-18-28(19-17-27)35(40(38,39)29-14-9-8-10-15-29)22-30(36)34(21-26-13-11-12-24(3)20-26)25(4)31(37)33-32(5,6)7/h8-20,23,25H,21-22H2,1-7H3,(H,33,37)/t25-/m1/s1. The lowest BCUT2D eigenvalue weighted by Crippen LogP contribution is -2.54. The van der Waals surface area contributed by atoms with Crippen molar-refractivity contribution < 1.29 is 18.0 Å². The van der Waals surface area contributed by atoms with E-state index in [4.69, 9.17) is 0 Å². The number of benzene rings is 3. The Morgan fingerprint density at radius 3 is 2.05 bits per heavy atom. The summed E-state index contributed by atoms with van der Waals surface area (Å²) in [5.74, 6) is -0.528. The number of hydrogen-bond acceptors (Lipinski definition) is 4. The fraction of sp³-hybridized carbons (Fsp3) is 0.375. The van der Waals surface area contributed by atoms with Gasteiger partial charge in [0.1, 0.15) is 12.6 Å². The maximum Gasteiger partial charge on any atom is 0.264 e. The molecule has 3 aromatic rings. The zero-order chi connectivity index (χ0) is 29.7. The van der Waals surface area contributed by atoms with Crippen LogP contribution in [0.2, 0.25) is 0 Å². The maximum absolute atomic E-state index is 14.0. The van der Waals surface area contributed by atoms with Crippen molar-refractivity contribution in [1.29, 1.82) is 0 Å². The van der Waals surface area contributed by atoms with Crippen LogP contribution in [0.3, 0.4) is 0 Å². The second kappa shape index (κ2) is 12.7. The molecule has 2 amide bonds. The van der Waals surface area contributed by atoms with Crippen LogP contribution in [0.15, 0.2) is 83.8 Å². The van der Waals surface area contributed by atoms with Crippen molar-refractivity contribution in [1.82, 2.24) is 10.2 Å². The summed E-state index contributed by atoms with van der Waals surface area (Å²) in [5.41, 5.74) is 2.81. The lowest BCUT2D eigenvalue weighted by molar-refractivity contribution is -0.140. The van der Waals surface area contributed by atoms with E-state index < -0.39 is 34.1 Å². The molecule has 0 bridgehead atoms. The highest BCUT2D eigenvalue weighted by atomic mass is 32.2. The molecule has 0 heterocycles. The van der Waals surface area contributed by atoms with Crippen molar-refractivity contribution in [2.45, 2.75) is 77.4 Å². The Labute approximate surface area is 239 Å². The van der Waals surface area contributed by atoms with E-state index in [0.29, 0.717) is 5.69 Å². The molecule has 7 nitrogen and oxygen atoms in total. The highest BCUT2D eigenvalue weighted by Gasteiger charge is 2.33. The summed E-state index contributed by atoms with van der Waals surface area (Å²) in [6.45, 7) is 13.1. The molecule has 0 saturated heterocycles. The Hall–Kier alpha value is -3.65. The maximum atomic E-state index is 14.0. The molecular formula is C32H41N3O4S. The van der Waals surface area contributed by atoms with Gasteiger partial charge >= 0.3 is 0 Å². The predicted molar refractivity (Wildman–Crippen MR) is 161 cm³/mol. The lowest BCUT2D eigenvalue weighted by Gasteiger charge is -2.33. The molecule has 1 N–H and O–H groups in total. The minimum Gasteiger partial charge on any atom is -0.350 e.